The van der Waals surface area contributed by atoms with E-state index in [-0.39, 0.29) is 5.92 Å². The molecule has 26 heavy (non-hydrogen) atoms. The van der Waals surface area contributed by atoms with Crippen LogP contribution >= 0.6 is 11.3 Å². The molecular weight excluding hydrogens is 365 g/mol. The minimum absolute atomic E-state index is 0.101. The van der Waals surface area contributed by atoms with Crippen LogP contribution in [0, 0.1) is 5.92 Å². The number of anilines is 1. The number of piperidine rings is 1. The second kappa shape index (κ2) is 6.55. The van der Waals surface area contributed by atoms with Crippen molar-refractivity contribution in [3.63, 3.8) is 0 Å². The third-order valence-corrected chi connectivity index (χ3v) is 5.86. The second-order valence-electron chi connectivity index (χ2n) is 6.42. The molecule has 3 heterocycles. The number of nitrogens with one attached hydrogen (secondary N) is 1. The number of aromatic amines is 1. The Labute approximate surface area is 151 Å². The number of hydrogen-bond donors (Lipinski definition) is 2. The summed E-state index contributed by atoms with van der Waals surface area (Å²) >= 11 is 1.40. The van der Waals surface area contributed by atoms with Gasteiger partial charge in [-0.25, -0.2) is 9.97 Å². The number of H-pyrrole nitrogens is 1. The van der Waals surface area contributed by atoms with E-state index in [4.69, 9.17) is 0 Å². The normalized spacial score (nSPS) is 17.8. The molecule has 1 atom stereocenters. The van der Waals surface area contributed by atoms with Crippen molar-refractivity contribution in [1.82, 2.24) is 15.0 Å². The van der Waals surface area contributed by atoms with Gasteiger partial charge in [0, 0.05) is 25.5 Å². The van der Waals surface area contributed by atoms with Crippen LogP contribution in [0.4, 0.5) is 18.3 Å². The summed E-state index contributed by atoms with van der Waals surface area (Å²) in [6.07, 6.45) is -0.152. The zero-order chi connectivity index (χ0) is 18.3. The lowest BCUT2D eigenvalue weighted by Crippen LogP contribution is -2.35. The fourth-order valence-electron chi connectivity index (χ4n) is 3.30. The van der Waals surface area contributed by atoms with Crippen molar-refractivity contribution in [3.8, 4) is 0 Å². The standard InChI is InChI=1S/C17H17F3N4OS/c18-17(19,20)11-1-2-13-12(9-11)23-16(26-13)24-7-3-10(4-8-24)14(25)15-21-5-6-22-15/h1-2,5-6,9-10,14,25H,3-4,7-8H2,(H,21,22). The summed E-state index contributed by atoms with van der Waals surface area (Å²) < 4.78 is 39.3. The fourth-order valence-corrected chi connectivity index (χ4v) is 4.29. The monoisotopic (exact) mass is 382 g/mol. The second-order valence-corrected chi connectivity index (χ2v) is 7.43. The first-order valence-electron chi connectivity index (χ1n) is 8.32. The Balaban J connectivity index is 1.47. The summed E-state index contributed by atoms with van der Waals surface area (Å²) in [5.74, 6) is 0.673. The molecule has 1 saturated heterocycles. The van der Waals surface area contributed by atoms with Crippen LogP contribution in [-0.4, -0.2) is 33.1 Å². The molecule has 1 unspecified atom stereocenters. The van der Waals surface area contributed by atoms with E-state index in [0.717, 1.165) is 34.8 Å². The van der Waals surface area contributed by atoms with Crippen LogP contribution in [0.1, 0.15) is 30.3 Å². The number of imidazole rings is 1. The zero-order valence-corrected chi connectivity index (χ0v) is 14.5. The predicted molar refractivity (Wildman–Crippen MR) is 93.1 cm³/mol. The van der Waals surface area contributed by atoms with Crippen LogP contribution in [0.2, 0.25) is 0 Å². The number of rotatable bonds is 3. The number of benzene rings is 1. The SMILES string of the molecule is OC(c1ncc[nH]1)C1CCN(c2nc3cc(C(F)(F)F)ccc3s2)CC1. The highest BCUT2D eigenvalue weighted by molar-refractivity contribution is 7.22. The van der Waals surface area contributed by atoms with E-state index >= 15 is 0 Å². The number of fused-ring (bicyclic) bond motifs is 1. The van der Waals surface area contributed by atoms with Crippen LogP contribution in [-0.2, 0) is 6.18 Å². The van der Waals surface area contributed by atoms with Crippen molar-refractivity contribution < 1.29 is 18.3 Å². The Bertz CT molecular complexity index is 885. The van der Waals surface area contributed by atoms with Gasteiger partial charge in [-0.15, -0.1) is 0 Å². The third-order valence-electron chi connectivity index (χ3n) is 4.76. The molecule has 0 bridgehead atoms. The molecule has 0 aliphatic carbocycles. The average molecular weight is 382 g/mol. The molecule has 1 aliphatic rings. The van der Waals surface area contributed by atoms with Crippen LogP contribution < -0.4 is 4.90 Å². The van der Waals surface area contributed by atoms with E-state index in [0.29, 0.717) is 24.4 Å². The van der Waals surface area contributed by atoms with Gasteiger partial charge in [-0.1, -0.05) is 11.3 Å². The van der Waals surface area contributed by atoms with Gasteiger partial charge in [0.05, 0.1) is 15.8 Å². The van der Waals surface area contributed by atoms with Gasteiger partial charge in [0.1, 0.15) is 11.9 Å². The average Bonchev–Trinajstić information content (AvgIpc) is 3.29. The maximum absolute atomic E-state index is 12.8. The Kier molecular flexibility index (Phi) is 4.36. The molecule has 0 amide bonds. The minimum atomic E-state index is -4.36. The van der Waals surface area contributed by atoms with E-state index < -0.39 is 17.8 Å². The molecular formula is C17H17F3N4OS. The summed E-state index contributed by atoms with van der Waals surface area (Å²) in [6.45, 7) is 1.41. The Morgan fingerprint density at radius 2 is 2.04 bits per heavy atom. The number of halogens is 3. The molecule has 9 heteroatoms. The quantitative estimate of drug-likeness (QED) is 0.719. The number of alkyl halides is 3. The van der Waals surface area contributed by atoms with Gasteiger partial charge < -0.3 is 15.0 Å². The van der Waals surface area contributed by atoms with Gasteiger partial charge in [-0.3, -0.25) is 0 Å². The Morgan fingerprint density at radius 3 is 2.69 bits per heavy atom. The lowest BCUT2D eigenvalue weighted by atomic mass is 9.91. The maximum atomic E-state index is 12.8. The predicted octanol–water partition coefficient (Wildman–Crippen LogP) is 3.99. The van der Waals surface area contributed by atoms with Gasteiger partial charge in [-0.05, 0) is 37.0 Å². The van der Waals surface area contributed by atoms with Gasteiger partial charge in [-0.2, -0.15) is 13.2 Å². The van der Waals surface area contributed by atoms with E-state index in [1.54, 1.807) is 12.4 Å². The Morgan fingerprint density at radius 1 is 1.27 bits per heavy atom. The summed E-state index contributed by atoms with van der Waals surface area (Å²) in [4.78, 5) is 13.5. The largest absolute Gasteiger partial charge is 0.416 e. The van der Waals surface area contributed by atoms with E-state index in [1.807, 2.05) is 0 Å². The lowest BCUT2D eigenvalue weighted by molar-refractivity contribution is -0.137. The van der Waals surface area contributed by atoms with Crippen LogP contribution in [0.5, 0.6) is 0 Å². The fraction of sp³-hybridized carbons (Fsp3) is 0.412. The molecule has 5 nitrogen and oxygen atoms in total. The molecule has 2 aromatic heterocycles. The summed E-state index contributed by atoms with van der Waals surface area (Å²) in [5.41, 5.74) is -0.306. The van der Waals surface area contributed by atoms with Gasteiger partial charge in [0.15, 0.2) is 5.13 Å². The number of aromatic nitrogens is 3. The summed E-state index contributed by atoms with van der Waals surface area (Å²) in [5, 5.41) is 11.1. The molecule has 0 radical (unpaired) electrons. The van der Waals surface area contributed by atoms with E-state index in [2.05, 4.69) is 19.9 Å². The van der Waals surface area contributed by atoms with Crippen LogP contribution in [0.15, 0.2) is 30.6 Å². The minimum Gasteiger partial charge on any atom is -0.385 e. The molecule has 1 fully saturated rings. The molecule has 2 N–H and O–H groups in total. The zero-order valence-electron chi connectivity index (χ0n) is 13.7. The summed E-state index contributed by atoms with van der Waals surface area (Å²) in [7, 11) is 0. The Hall–Kier alpha value is -2.13. The van der Waals surface area contributed by atoms with Crippen LogP contribution in [0.25, 0.3) is 10.2 Å². The molecule has 0 saturated carbocycles. The number of aliphatic hydroxyl groups excluding tert-OH is 1. The summed E-state index contributed by atoms with van der Waals surface area (Å²) in [6, 6.07) is 3.67. The first-order chi connectivity index (χ1) is 12.4. The molecule has 4 rings (SSSR count). The molecule has 138 valence electrons. The van der Waals surface area contributed by atoms with Gasteiger partial charge >= 0.3 is 6.18 Å². The highest BCUT2D eigenvalue weighted by atomic mass is 32.1. The first-order valence-corrected chi connectivity index (χ1v) is 9.13. The highest BCUT2D eigenvalue weighted by Crippen LogP contribution is 2.37. The van der Waals surface area contributed by atoms with Gasteiger partial charge in [0.2, 0.25) is 0 Å². The van der Waals surface area contributed by atoms with Crippen LogP contribution in [0.3, 0.4) is 0 Å². The molecule has 3 aromatic rings. The molecule has 0 spiro atoms. The van der Waals surface area contributed by atoms with Crippen molar-refractivity contribution in [3.05, 3.63) is 42.0 Å². The van der Waals surface area contributed by atoms with Gasteiger partial charge in [0.25, 0.3) is 0 Å². The topological polar surface area (TPSA) is 65.0 Å². The van der Waals surface area contributed by atoms with Crippen molar-refractivity contribution in [2.24, 2.45) is 5.92 Å². The number of aliphatic hydroxyl groups is 1. The smallest absolute Gasteiger partial charge is 0.385 e. The number of nitrogens with zero attached hydrogens (tertiary/aromatic N) is 3. The first kappa shape index (κ1) is 17.3. The van der Waals surface area contributed by atoms with Crippen molar-refractivity contribution in [1.29, 1.82) is 0 Å². The van der Waals surface area contributed by atoms with Crippen molar-refractivity contribution in [2.75, 3.05) is 18.0 Å². The molecule has 1 aromatic carbocycles. The molecule has 1 aliphatic heterocycles. The van der Waals surface area contributed by atoms with E-state index in [9.17, 15) is 18.3 Å². The third kappa shape index (κ3) is 3.28. The highest BCUT2D eigenvalue weighted by Gasteiger charge is 2.32. The maximum Gasteiger partial charge on any atom is 0.416 e. The van der Waals surface area contributed by atoms with E-state index in [1.165, 1.54) is 17.4 Å². The lowest BCUT2D eigenvalue weighted by Gasteiger charge is -2.33. The number of thiazole rings is 1. The van der Waals surface area contributed by atoms with Crippen molar-refractivity contribution in [2.45, 2.75) is 25.1 Å². The van der Waals surface area contributed by atoms with Crippen molar-refractivity contribution >= 4 is 26.7 Å². The number of hydrogen-bond acceptors (Lipinski definition) is 5.